The molecular formula is C51H53Cl3FNO16. The van der Waals surface area contributed by atoms with Crippen LogP contribution in [0.25, 0.3) is 0 Å². The van der Waals surface area contributed by atoms with Crippen LogP contribution >= 0.6 is 34.8 Å². The van der Waals surface area contributed by atoms with E-state index in [9.17, 15) is 29.1 Å². The first kappa shape index (κ1) is 54.0. The Morgan fingerprint density at radius 2 is 1.47 bits per heavy atom. The fraction of sp³-hybridized carbons (Fsp3) is 0.471. The van der Waals surface area contributed by atoms with E-state index < -0.39 is 142 Å². The van der Waals surface area contributed by atoms with E-state index in [2.05, 4.69) is 5.32 Å². The van der Waals surface area contributed by atoms with Crippen molar-refractivity contribution < 1.29 is 81.0 Å². The van der Waals surface area contributed by atoms with Gasteiger partial charge in [0.05, 0.1) is 23.5 Å². The number of rotatable bonds is 13. The molecule has 21 heteroatoms. The summed E-state index contributed by atoms with van der Waals surface area (Å²) in [5.74, 6) is -7.12. The van der Waals surface area contributed by atoms with Crippen molar-refractivity contribution in [2.24, 2.45) is 16.7 Å². The van der Waals surface area contributed by atoms with Crippen LogP contribution in [0.4, 0.5) is 14.0 Å². The van der Waals surface area contributed by atoms with Crippen LogP contribution < -0.4 is 5.32 Å². The van der Waals surface area contributed by atoms with Gasteiger partial charge < -0.3 is 48.3 Å². The lowest BCUT2D eigenvalue weighted by Crippen LogP contribution is -2.81. The maximum atomic E-state index is 17.4. The van der Waals surface area contributed by atoms with Gasteiger partial charge in [-0.1, -0.05) is 128 Å². The third kappa shape index (κ3) is 10.5. The maximum Gasteiger partial charge on any atom is 0.509 e. The number of benzene rings is 3. The number of alkyl halides is 4. The molecule has 0 spiro atoms. The minimum atomic E-state index is -2.58. The molecule has 3 aliphatic carbocycles. The van der Waals surface area contributed by atoms with Crippen LogP contribution in [0.2, 0.25) is 0 Å². The van der Waals surface area contributed by atoms with E-state index in [0.717, 1.165) is 13.8 Å². The minimum Gasteiger partial charge on any atom is -0.455 e. The number of carbonyl (C=O) groups excluding carboxylic acids is 7. The zero-order chi connectivity index (χ0) is 52.6. The summed E-state index contributed by atoms with van der Waals surface area (Å²) in [5.41, 5.74) is -8.06. The van der Waals surface area contributed by atoms with Crippen molar-refractivity contribution in [3.05, 3.63) is 119 Å². The van der Waals surface area contributed by atoms with Gasteiger partial charge in [0.15, 0.2) is 17.5 Å². The molecule has 7 rings (SSSR count). The number of Topliss-reactive ketones (excluding diaryl/α,β-unsaturated/α-hetero) is 1. The maximum absolute atomic E-state index is 17.4. The van der Waals surface area contributed by atoms with E-state index in [-0.39, 0.29) is 28.9 Å². The SMILES string of the molecule is CC(=O)O[C@H]1C(=O)[C@]2(C)C(F)CC3OC[C@@]3(OC(C)=O)C2C(OC(=O)c2ccccc2)[C@]2(O)CC(OC(=O)C(OC(=O)OCC(Cl)(Cl)Cl)[C@@H](NC(=O)OCc3ccccc3)c3ccccc3)C(C)=C1C2(C)C. The number of esters is 4. The second-order valence-electron chi connectivity index (χ2n) is 18.9. The van der Waals surface area contributed by atoms with E-state index in [1.165, 1.54) is 52.0 Å². The van der Waals surface area contributed by atoms with E-state index in [1.807, 2.05) is 0 Å². The van der Waals surface area contributed by atoms with Crippen LogP contribution in [-0.4, -0.2) is 112 Å². The molecule has 1 amide bonds. The van der Waals surface area contributed by atoms with E-state index in [4.69, 9.17) is 72.7 Å². The van der Waals surface area contributed by atoms with Gasteiger partial charge in [-0.05, 0) is 48.3 Å². The van der Waals surface area contributed by atoms with Gasteiger partial charge in [-0.15, -0.1) is 0 Å². The molecule has 6 unspecified atom stereocenters. The Kier molecular flexibility index (Phi) is 15.7. The third-order valence-corrected chi connectivity index (χ3v) is 14.5. The summed E-state index contributed by atoms with van der Waals surface area (Å²) >= 11 is 17.6. The minimum absolute atomic E-state index is 0.0163. The van der Waals surface area contributed by atoms with Crippen LogP contribution in [0.1, 0.15) is 81.9 Å². The molecule has 1 aliphatic heterocycles. The van der Waals surface area contributed by atoms with Crippen LogP contribution in [0.15, 0.2) is 102 Å². The predicted molar refractivity (Wildman–Crippen MR) is 253 cm³/mol. The molecule has 17 nitrogen and oxygen atoms in total. The van der Waals surface area contributed by atoms with Crippen molar-refractivity contribution in [2.75, 3.05) is 13.2 Å². The second-order valence-corrected chi connectivity index (χ2v) is 21.4. The Hall–Kier alpha value is -5.79. The fourth-order valence-corrected chi connectivity index (χ4v) is 10.8. The number of amides is 1. The summed E-state index contributed by atoms with van der Waals surface area (Å²) in [4.78, 5) is 98.4. The Bertz CT molecular complexity index is 2600. The van der Waals surface area contributed by atoms with Crippen molar-refractivity contribution >= 4 is 76.7 Å². The number of carbonyl (C=O) groups is 7. The topological polar surface area (TPSA) is 226 Å². The summed E-state index contributed by atoms with van der Waals surface area (Å²) in [6, 6.07) is 22.3. The third-order valence-electron chi connectivity index (χ3n) is 14.1. The molecule has 0 aromatic heterocycles. The lowest BCUT2D eigenvalue weighted by atomic mass is 9.45. The largest absolute Gasteiger partial charge is 0.509 e. The van der Waals surface area contributed by atoms with Crippen LogP contribution in [0.5, 0.6) is 0 Å². The van der Waals surface area contributed by atoms with Gasteiger partial charge in [0.2, 0.25) is 9.90 Å². The number of halogens is 4. The highest BCUT2D eigenvalue weighted by atomic mass is 35.6. The Morgan fingerprint density at radius 3 is 2.04 bits per heavy atom. The second kappa shape index (κ2) is 21.0. The molecule has 1 saturated heterocycles. The van der Waals surface area contributed by atoms with Gasteiger partial charge in [0, 0.05) is 32.1 Å². The van der Waals surface area contributed by atoms with Crippen molar-refractivity contribution in [1.29, 1.82) is 0 Å². The number of nitrogens with one attached hydrogen (secondary N) is 1. The molecule has 386 valence electrons. The zero-order valence-corrected chi connectivity index (χ0v) is 42.2. The van der Waals surface area contributed by atoms with Crippen LogP contribution in [0, 0.1) is 16.7 Å². The summed E-state index contributed by atoms with van der Waals surface area (Å²) in [6.07, 6.45) is -15.1. The lowest BCUT2D eigenvalue weighted by Gasteiger charge is -2.67. The average molecular weight is 1060 g/mol. The molecule has 11 atom stereocenters. The molecule has 2 saturated carbocycles. The van der Waals surface area contributed by atoms with Crippen molar-refractivity contribution in [2.45, 2.75) is 119 Å². The van der Waals surface area contributed by atoms with Gasteiger partial charge in [0.1, 0.15) is 49.3 Å². The van der Waals surface area contributed by atoms with E-state index >= 15 is 14.0 Å². The molecule has 2 bridgehead atoms. The standard InChI is InChI=1S/C51H53Cl3FNO16/c1-27-33(69-44(61)39(70-46(63)67-26-51(52,53)54)37(31-18-12-8-13-19-31)56-45(62)65-24-30-16-10-7-11-17-30)23-50(64)42(71-43(60)32-20-14-9-15-21-32)40-48(6,34(55)22-35-49(40,25-66-35)72-29(3)58)41(59)38(68-28(2)57)36(27)47(50,4)5/h7-21,33-35,37-40,42,64H,22-26H2,1-6H3,(H,56,62)/t33?,34?,35?,37-,38+,39?,40?,42?,48+,49-,50+/m0/s1. The monoisotopic (exact) mass is 1060 g/mol. The van der Waals surface area contributed by atoms with Gasteiger partial charge in [-0.3, -0.25) is 14.4 Å². The highest BCUT2D eigenvalue weighted by Gasteiger charge is 2.79. The fourth-order valence-electron chi connectivity index (χ4n) is 10.6. The Balaban J connectivity index is 1.39. The summed E-state index contributed by atoms with van der Waals surface area (Å²) in [7, 11) is 0. The smallest absolute Gasteiger partial charge is 0.455 e. The molecule has 1 heterocycles. The number of hydrogen-bond donors (Lipinski definition) is 2. The molecule has 3 fully saturated rings. The molecule has 0 radical (unpaired) electrons. The van der Waals surface area contributed by atoms with E-state index in [0.29, 0.717) is 5.56 Å². The predicted octanol–water partition coefficient (Wildman–Crippen LogP) is 7.74. The quantitative estimate of drug-likeness (QED) is 0.0722. The number of ketones is 1. The molecule has 3 aromatic rings. The van der Waals surface area contributed by atoms with Gasteiger partial charge in [-0.25, -0.2) is 23.6 Å². The number of alkyl carbamates (subject to hydrolysis) is 1. The molecule has 3 aromatic carbocycles. The highest BCUT2D eigenvalue weighted by molar-refractivity contribution is 6.67. The van der Waals surface area contributed by atoms with Gasteiger partial charge >= 0.3 is 36.1 Å². The van der Waals surface area contributed by atoms with Crippen molar-refractivity contribution in [3.8, 4) is 0 Å². The number of aliphatic hydroxyl groups is 1. The molecule has 72 heavy (non-hydrogen) atoms. The summed E-state index contributed by atoms with van der Waals surface area (Å²) < 4.78 is 61.6. The summed E-state index contributed by atoms with van der Waals surface area (Å²) in [5, 5.41) is 16.4. The number of hydrogen-bond acceptors (Lipinski definition) is 16. The van der Waals surface area contributed by atoms with Crippen LogP contribution in [-0.2, 0) is 63.7 Å². The number of ether oxygens (including phenoxy) is 8. The zero-order valence-electron chi connectivity index (χ0n) is 39.9. The van der Waals surface area contributed by atoms with Crippen molar-refractivity contribution in [3.63, 3.8) is 0 Å². The first-order valence-corrected chi connectivity index (χ1v) is 24.0. The lowest BCUT2D eigenvalue weighted by molar-refractivity contribution is -0.341. The van der Waals surface area contributed by atoms with Gasteiger partial charge in [-0.2, -0.15) is 0 Å². The van der Waals surface area contributed by atoms with E-state index in [1.54, 1.807) is 66.7 Å². The van der Waals surface area contributed by atoms with Crippen molar-refractivity contribution in [1.82, 2.24) is 5.32 Å². The normalized spacial score (nSPS) is 29.1. The van der Waals surface area contributed by atoms with Crippen LogP contribution in [0.3, 0.4) is 0 Å². The molecule has 2 N–H and O–H groups in total. The molecule has 4 aliphatic rings. The Morgan fingerprint density at radius 1 is 0.861 bits per heavy atom. The summed E-state index contributed by atoms with van der Waals surface area (Å²) in [6.45, 7) is 6.22. The first-order chi connectivity index (χ1) is 33.8. The highest BCUT2D eigenvalue weighted by Crippen LogP contribution is 2.65. The molecular weight excluding hydrogens is 1010 g/mol. The Labute approximate surface area is 428 Å². The van der Waals surface area contributed by atoms with Gasteiger partial charge in [0.25, 0.3) is 0 Å². The average Bonchev–Trinajstić information content (AvgIpc) is 3.32. The first-order valence-electron chi connectivity index (χ1n) is 22.8. The number of fused-ring (bicyclic) bond motifs is 5.